The Kier molecular flexibility index (Phi) is 4.07. The lowest BCUT2D eigenvalue weighted by Crippen LogP contribution is -1.98. The predicted octanol–water partition coefficient (Wildman–Crippen LogP) is 2.75. The van der Waals surface area contributed by atoms with Gasteiger partial charge in [-0.05, 0) is 19.3 Å². The maximum atomic E-state index is 10.9. The molecule has 0 bridgehead atoms. The van der Waals surface area contributed by atoms with E-state index in [4.69, 9.17) is 5.11 Å². The van der Waals surface area contributed by atoms with Crippen molar-refractivity contribution >= 4 is 17.3 Å². The number of hydrogen-bond acceptors (Lipinski definition) is 3. The van der Waals surface area contributed by atoms with Crippen LogP contribution in [0.3, 0.4) is 0 Å². The van der Waals surface area contributed by atoms with Gasteiger partial charge in [-0.1, -0.05) is 20.3 Å². The van der Waals surface area contributed by atoms with E-state index in [1.165, 1.54) is 11.3 Å². The van der Waals surface area contributed by atoms with E-state index < -0.39 is 5.97 Å². The third kappa shape index (κ3) is 2.54. The van der Waals surface area contributed by atoms with E-state index in [-0.39, 0.29) is 0 Å². The number of nitrogens with zero attached hydrogens (tertiary/aromatic N) is 1. The number of carbonyl (C=O) groups is 1. The summed E-state index contributed by atoms with van der Waals surface area (Å²) in [6.45, 7) is 4.10. The molecule has 0 aliphatic heterocycles. The number of carboxylic acid groups (broad SMARTS) is 1. The summed E-state index contributed by atoms with van der Waals surface area (Å²) >= 11 is 1.32. The van der Waals surface area contributed by atoms with Gasteiger partial charge in [0, 0.05) is 0 Å². The highest BCUT2D eigenvalue weighted by Gasteiger charge is 2.15. The lowest BCUT2D eigenvalue weighted by Gasteiger charge is -1.93. The molecule has 0 radical (unpaired) electrons. The molecule has 1 aromatic heterocycles. The molecule has 0 saturated carbocycles. The summed E-state index contributed by atoms with van der Waals surface area (Å²) in [5.74, 6) is -0.840. The Bertz CT molecular complexity index is 320. The van der Waals surface area contributed by atoms with Crippen LogP contribution in [0.25, 0.3) is 0 Å². The van der Waals surface area contributed by atoms with Gasteiger partial charge in [-0.15, -0.1) is 11.3 Å². The first-order valence-corrected chi connectivity index (χ1v) is 5.72. The molecule has 14 heavy (non-hydrogen) atoms. The van der Waals surface area contributed by atoms with E-state index in [1.54, 1.807) is 0 Å². The average molecular weight is 213 g/mol. The SMILES string of the molecule is CCCc1nc(CCC)c(C(=O)O)s1. The van der Waals surface area contributed by atoms with Crippen LogP contribution in [0.4, 0.5) is 0 Å². The summed E-state index contributed by atoms with van der Waals surface area (Å²) in [5.41, 5.74) is 0.758. The minimum absolute atomic E-state index is 0.426. The van der Waals surface area contributed by atoms with Gasteiger partial charge in [-0.2, -0.15) is 0 Å². The molecule has 1 rings (SSSR count). The van der Waals surface area contributed by atoms with Crippen molar-refractivity contribution in [2.45, 2.75) is 39.5 Å². The van der Waals surface area contributed by atoms with Crippen LogP contribution >= 0.6 is 11.3 Å². The van der Waals surface area contributed by atoms with Crippen LogP contribution in [0.5, 0.6) is 0 Å². The fourth-order valence-electron chi connectivity index (χ4n) is 1.29. The van der Waals surface area contributed by atoms with Crippen molar-refractivity contribution in [2.75, 3.05) is 0 Å². The molecule has 1 aromatic rings. The Morgan fingerprint density at radius 3 is 2.50 bits per heavy atom. The van der Waals surface area contributed by atoms with Gasteiger partial charge in [0.25, 0.3) is 0 Å². The quantitative estimate of drug-likeness (QED) is 0.818. The Morgan fingerprint density at radius 2 is 2.00 bits per heavy atom. The van der Waals surface area contributed by atoms with E-state index in [2.05, 4.69) is 11.9 Å². The summed E-state index contributed by atoms with van der Waals surface area (Å²) in [6, 6.07) is 0. The van der Waals surface area contributed by atoms with Crippen LogP contribution in [-0.2, 0) is 12.8 Å². The zero-order valence-electron chi connectivity index (χ0n) is 8.54. The molecule has 1 heterocycles. The molecular weight excluding hydrogens is 198 g/mol. The molecule has 0 unspecified atom stereocenters. The summed E-state index contributed by atoms with van der Waals surface area (Å²) in [6.07, 6.45) is 3.60. The number of carboxylic acids is 1. The highest BCUT2D eigenvalue weighted by atomic mass is 32.1. The number of thiazole rings is 1. The summed E-state index contributed by atoms with van der Waals surface area (Å²) in [7, 11) is 0. The monoisotopic (exact) mass is 213 g/mol. The van der Waals surface area contributed by atoms with Gasteiger partial charge >= 0.3 is 5.97 Å². The van der Waals surface area contributed by atoms with Gasteiger partial charge in [0.1, 0.15) is 4.88 Å². The van der Waals surface area contributed by atoms with Gasteiger partial charge in [0.2, 0.25) is 0 Å². The van der Waals surface area contributed by atoms with E-state index in [1.807, 2.05) is 6.92 Å². The molecule has 0 atom stereocenters. The number of aromatic carboxylic acids is 1. The first-order valence-electron chi connectivity index (χ1n) is 4.90. The van der Waals surface area contributed by atoms with Crippen LogP contribution < -0.4 is 0 Å². The van der Waals surface area contributed by atoms with Crippen molar-refractivity contribution < 1.29 is 9.90 Å². The lowest BCUT2D eigenvalue weighted by atomic mass is 10.2. The van der Waals surface area contributed by atoms with Crippen LogP contribution in [-0.4, -0.2) is 16.1 Å². The number of hydrogen-bond donors (Lipinski definition) is 1. The fourth-order valence-corrected chi connectivity index (χ4v) is 2.35. The maximum absolute atomic E-state index is 10.9. The Hall–Kier alpha value is -0.900. The molecule has 0 saturated heterocycles. The minimum Gasteiger partial charge on any atom is -0.477 e. The van der Waals surface area contributed by atoms with Crippen molar-refractivity contribution in [3.63, 3.8) is 0 Å². The molecule has 0 fully saturated rings. The maximum Gasteiger partial charge on any atom is 0.347 e. The molecule has 0 aliphatic rings. The van der Waals surface area contributed by atoms with Gasteiger partial charge in [0.15, 0.2) is 0 Å². The van der Waals surface area contributed by atoms with E-state index in [0.29, 0.717) is 4.88 Å². The second-order valence-corrected chi connectivity index (χ2v) is 4.27. The van der Waals surface area contributed by atoms with Crippen LogP contribution in [0.2, 0.25) is 0 Å². The Labute approximate surface area is 87.8 Å². The van der Waals surface area contributed by atoms with Crippen LogP contribution in [0.1, 0.15) is 47.1 Å². The molecule has 0 aliphatic carbocycles. The van der Waals surface area contributed by atoms with E-state index in [9.17, 15) is 4.79 Å². The molecule has 1 N–H and O–H groups in total. The zero-order chi connectivity index (χ0) is 10.6. The van der Waals surface area contributed by atoms with Crippen molar-refractivity contribution in [2.24, 2.45) is 0 Å². The topological polar surface area (TPSA) is 50.2 Å². The minimum atomic E-state index is -0.840. The highest BCUT2D eigenvalue weighted by molar-refractivity contribution is 7.13. The first kappa shape index (κ1) is 11.2. The number of aromatic nitrogens is 1. The normalized spacial score (nSPS) is 10.4. The standard InChI is InChI=1S/C10H15NO2S/c1-3-5-7-9(10(12)13)14-8(11-7)6-4-2/h3-6H2,1-2H3,(H,12,13). The third-order valence-electron chi connectivity index (χ3n) is 1.89. The van der Waals surface area contributed by atoms with E-state index >= 15 is 0 Å². The van der Waals surface area contributed by atoms with Crippen LogP contribution in [0, 0.1) is 0 Å². The van der Waals surface area contributed by atoms with Gasteiger partial charge in [-0.25, -0.2) is 9.78 Å². The molecule has 4 heteroatoms. The van der Waals surface area contributed by atoms with Gasteiger partial charge < -0.3 is 5.11 Å². The summed E-state index contributed by atoms with van der Waals surface area (Å²) < 4.78 is 0. The van der Waals surface area contributed by atoms with Crippen molar-refractivity contribution in [3.05, 3.63) is 15.6 Å². The Morgan fingerprint density at radius 1 is 1.36 bits per heavy atom. The van der Waals surface area contributed by atoms with Crippen molar-refractivity contribution in [1.82, 2.24) is 4.98 Å². The first-order chi connectivity index (χ1) is 6.69. The lowest BCUT2D eigenvalue weighted by molar-refractivity contribution is 0.0700. The zero-order valence-corrected chi connectivity index (χ0v) is 9.36. The summed E-state index contributed by atoms with van der Waals surface area (Å²) in [5, 5.41) is 9.90. The molecule has 0 spiro atoms. The van der Waals surface area contributed by atoms with Gasteiger partial charge in [0.05, 0.1) is 10.7 Å². The molecule has 78 valence electrons. The molecule has 3 nitrogen and oxygen atoms in total. The molecule has 0 aromatic carbocycles. The Balaban J connectivity index is 2.93. The average Bonchev–Trinajstić information content (AvgIpc) is 2.49. The predicted molar refractivity (Wildman–Crippen MR) is 57.1 cm³/mol. The van der Waals surface area contributed by atoms with Gasteiger partial charge in [-0.3, -0.25) is 0 Å². The molecule has 0 amide bonds. The second kappa shape index (κ2) is 5.10. The van der Waals surface area contributed by atoms with Crippen molar-refractivity contribution in [3.8, 4) is 0 Å². The number of rotatable bonds is 5. The summed E-state index contributed by atoms with van der Waals surface area (Å²) in [4.78, 5) is 15.7. The van der Waals surface area contributed by atoms with Crippen LogP contribution in [0.15, 0.2) is 0 Å². The second-order valence-electron chi connectivity index (χ2n) is 3.19. The molecular formula is C10H15NO2S. The smallest absolute Gasteiger partial charge is 0.347 e. The highest BCUT2D eigenvalue weighted by Crippen LogP contribution is 2.21. The largest absolute Gasteiger partial charge is 0.477 e. The fraction of sp³-hybridized carbons (Fsp3) is 0.600. The number of aryl methyl sites for hydroxylation is 2. The van der Waals surface area contributed by atoms with Crippen molar-refractivity contribution in [1.29, 1.82) is 0 Å². The third-order valence-corrected chi connectivity index (χ3v) is 3.03. The van der Waals surface area contributed by atoms with E-state index in [0.717, 1.165) is 36.4 Å².